The normalized spacial score (nSPS) is 10.2. The van der Waals surface area contributed by atoms with Gasteiger partial charge >= 0.3 is 5.69 Å². The largest absolute Gasteiger partial charge is 0.362 e. The second-order valence-electron chi connectivity index (χ2n) is 1.89. The van der Waals surface area contributed by atoms with E-state index in [9.17, 15) is 4.79 Å². The van der Waals surface area contributed by atoms with Crippen molar-refractivity contribution in [2.75, 3.05) is 12.0 Å². The quantitative estimate of drug-likeness (QED) is 0.743. The maximum Gasteiger partial charge on any atom is 0.362 e. The summed E-state index contributed by atoms with van der Waals surface area (Å²) in [4.78, 5) is 14.5. The van der Waals surface area contributed by atoms with Crippen molar-refractivity contribution < 1.29 is 0 Å². The van der Waals surface area contributed by atoms with E-state index in [1.165, 1.54) is 11.8 Å². The Morgan fingerprint density at radius 3 is 2.83 bits per heavy atom. The van der Waals surface area contributed by atoms with E-state index < -0.39 is 0 Å². The fraction of sp³-hybridized carbons (Fsp3) is 0.500. The molecule has 0 atom stereocenters. The van der Waals surface area contributed by atoms with Crippen molar-refractivity contribution in [3.8, 4) is 0 Å². The molecule has 6 heteroatoms. The van der Waals surface area contributed by atoms with Crippen LogP contribution in [-0.4, -0.2) is 27.2 Å². The number of H-pyrrole nitrogens is 1. The molecule has 0 aliphatic rings. The van der Waals surface area contributed by atoms with Crippen LogP contribution in [0.25, 0.3) is 0 Å². The van der Waals surface area contributed by atoms with E-state index in [0.717, 1.165) is 10.8 Å². The van der Waals surface area contributed by atoms with Crippen molar-refractivity contribution in [3.63, 3.8) is 0 Å². The molecule has 0 aliphatic heterocycles. The minimum atomic E-state index is -0.389. The van der Waals surface area contributed by atoms with Crippen LogP contribution in [0, 0.1) is 0 Å². The van der Waals surface area contributed by atoms with E-state index in [2.05, 4.69) is 15.2 Å². The molecule has 0 aliphatic carbocycles. The zero-order valence-corrected chi connectivity index (χ0v) is 8.46. The van der Waals surface area contributed by atoms with E-state index in [1.54, 1.807) is 11.8 Å². The minimum Gasteiger partial charge on any atom is -0.244 e. The molecule has 0 bridgehead atoms. The van der Waals surface area contributed by atoms with Crippen molar-refractivity contribution in [2.24, 2.45) is 0 Å². The number of hydrogen-bond donors (Lipinski definition) is 1. The van der Waals surface area contributed by atoms with Gasteiger partial charge in [0.1, 0.15) is 10.1 Å². The number of hydrogen-bond acceptors (Lipinski definition) is 5. The van der Waals surface area contributed by atoms with Gasteiger partial charge in [0.2, 0.25) is 0 Å². The van der Waals surface area contributed by atoms with Gasteiger partial charge in [-0.05, 0) is 12.0 Å². The minimum absolute atomic E-state index is 0.389. The molecule has 12 heavy (non-hydrogen) atoms. The lowest BCUT2D eigenvalue weighted by Gasteiger charge is -1.99. The van der Waals surface area contributed by atoms with Crippen LogP contribution in [0.2, 0.25) is 0 Å². The molecule has 66 valence electrons. The van der Waals surface area contributed by atoms with Crippen LogP contribution in [0.4, 0.5) is 0 Å². The second-order valence-corrected chi connectivity index (χ2v) is 3.94. The molecular formula is C6H9N3OS2. The van der Waals surface area contributed by atoms with Crippen LogP contribution in [0.3, 0.4) is 0 Å². The zero-order valence-electron chi connectivity index (χ0n) is 6.83. The standard InChI is InChI=1S/C6H9N3OS2/c1-3-12-5-4(11-2)7-6(10)9-8-5/h3H2,1-2H3,(H,7,9,10). The second kappa shape index (κ2) is 4.51. The summed E-state index contributed by atoms with van der Waals surface area (Å²) >= 11 is 3.01. The summed E-state index contributed by atoms with van der Waals surface area (Å²) in [5, 5.41) is 7.69. The van der Waals surface area contributed by atoms with E-state index in [-0.39, 0.29) is 5.69 Å². The smallest absolute Gasteiger partial charge is 0.244 e. The molecule has 1 rings (SSSR count). The molecule has 0 radical (unpaired) electrons. The predicted molar refractivity (Wildman–Crippen MR) is 50.8 cm³/mol. The molecule has 1 aromatic rings. The van der Waals surface area contributed by atoms with E-state index in [0.29, 0.717) is 5.03 Å². The number of thioether (sulfide) groups is 2. The van der Waals surface area contributed by atoms with Gasteiger partial charge in [-0.25, -0.2) is 9.89 Å². The van der Waals surface area contributed by atoms with Gasteiger partial charge in [0.25, 0.3) is 0 Å². The molecule has 0 saturated heterocycles. The lowest BCUT2D eigenvalue weighted by atomic mass is 10.9. The molecular weight excluding hydrogens is 194 g/mol. The highest BCUT2D eigenvalue weighted by Crippen LogP contribution is 2.22. The lowest BCUT2D eigenvalue weighted by Crippen LogP contribution is -2.13. The summed E-state index contributed by atoms with van der Waals surface area (Å²) in [7, 11) is 0. The van der Waals surface area contributed by atoms with Crippen molar-refractivity contribution in [1.29, 1.82) is 0 Å². The summed E-state index contributed by atoms with van der Waals surface area (Å²) < 4.78 is 0. The molecule has 0 spiro atoms. The summed E-state index contributed by atoms with van der Waals surface area (Å²) in [5.74, 6) is 0.925. The van der Waals surface area contributed by atoms with Gasteiger partial charge in [0, 0.05) is 0 Å². The highest BCUT2D eigenvalue weighted by Gasteiger charge is 2.04. The number of nitrogens with zero attached hydrogens (tertiary/aromatic N) is 2. The Balaban J connectivity index is 3.02. The fourth-order valence-corrected chi connectivity index (χ4v) is 2.05. The average Bonchev–Trinajstić information content (AvgIpc) is 2.08. The molecule has 0 fully saturated rings. The zero-order chi connectivity index (χ0) is 8.97. The molecule has 0 unspecified atom stereocenters. The molecule has 1 aromatic heterocycles. The third-order valence-corrected chi connectivity index (χ3v) is 2.76. The van der Waals surface area contributed by atoms with Crippen molar-refractivity contribution in [3.05, 3.63) is 10.5 Å². The monoisotopic (exact) mass is 203 g/mol. The highest BCUT2D eigenvalue weighted by atomic mass is 32.2. The van der Waals surface area contributed by atoms with Crippen LogP contribution >= 0.6 is 23.5 Å². The van der Waals surface area contributed by atoms with Crippen LogP contribution < -0.4 is 5.69 Å². The van der Waals surface area contributed by atoms with Gasteiger partial charge in [-0.1, -0.05) is 6.92 Å². The van der Waals surface area contributed by atoms with E-state index >= 15 is 0 Å². The van der Waals surface area contributed by atoms with Crippen LogP contribution in [0.1, 0.15) is 6.92 Å². The summed E-state index contributed by atoms with van der Waals surface area (Å²) in [6, 6.07) is 0. The Morgan fingerprint density at radius 1 is 1.50 bits per heavy atom. The van der Waals surface area contributed by atoms with Crippen molar-refractivity contribution >= 4 is 23.5 Å². The molecule has 0 aromatic carbocycles. The number of rotatable bonds is 3. The third-order valence-electron chi connectivity index (χ3n) is 1.11. The lowest BCUT2D eigenvalue weighted by molar-refractivity contribution is 0.764. The molecule has 4 nitrogen and oxygen atoms in total. The first-order valence-corrected chi connectivity index (χ1v) is 5.62. The predicted octanol–water partition coefficient (Wildman–Crippen LogP) is 0.999. The Bertz CT molecular complexity index is 312. The van der Waals surface area contributed by atoms with E-state index in [4.69, 9.17) is 0 Å². The molecule has 1 heterocycles. The average molecular weight is 203 g/mol. The number of aromatic nitrogens is 3. The van der Waals surface area contributed by atoms with Gasteiger partial charge < -0.3 is 0 Å². The fourth-order valence-electron chi connectivity index (χ4n) is 0.675. The maximum absolute atomic E-state index is 10.8. The van der Waals surface area contributed by atoms with Gasteiger partial charge in [-0.15, -0.1) is 23.5 Å². The maximum atomic E-state index is 10.8. The highest BCUT2D eigenvalue weighted by molar-refractivity contribution is 8.01. The summed E-state index contributed by atoms with van der Waals surface area (Å²) in [5.41, 5.74) is -0.389. The molecule has 0 saturated carbocycles. The first kappa shape index (κ1) is 9.60. The number of nitrogens with one attached hydrogen (secondary N) is 1. The summed E-state index contributed by atoms with van der Waals surface area (Å²) in [6.07, 6.45) is 1.88. The van der Waals surface area contributed by atoms with Gasteiger partial charge in [0.15, 0.2) is 0 Å². The molecule has 1 N–H and O–H groups in total. The van der Waals surface area contributed by atoms with Crippen molar-refractivity contribution in [1.82, 2.24) is 15.2 Å². The number of aromatic amines is 1. The Labute approximate surface area is 78.6 Å². The van der Waals surface area contributed by atoms with Crippen LogP contribution in [0.5, 0.6) is 0 Å². The molecule has 0 amide bonds. The van der Waals surface area contributed by atoms with Crippen LogP contribution in [0.15, 0.2) is 14.8 Å². The SMILES string of the molecule is CCSc1n[nH]c(=O)nc1SC. The Hall–Kier alpha value is -0.490. The van der Waals surface area contributed by atoms with Crippen LogP contribution in [-0.2, 0) is 0 Å². The first-order valence-electron chi connectivity index (χ1n) is 3.41. The van der Waals surface area contributed by atoms with Gasteiger partial charge in [-0.3, -0.25) is 0 Å². The van der Waals surface area contributed by atoms with Crippen molar-refractivity contribution in [2.45, 2.75) is 17.0 Å². The first-order chi connectivity index (χ1) is 5.77. The Kier molecular flexibility index (Phi) is 3.61. The third kappa shape index (κ3) is 2.25. The Morgan fingerprint density at radius 2 is 2.25 bits per heavy atom. The topological polar surface area (TPSA) is 58.6 Å². The summed E-state index contributed by atoms with van der Waals surface area (Å²) in [6.45, 7) is 2.03. The van der Waals surface area contributed by atoms with E-state index in [1.807, 2.05) is 13.2 Å². The van der Waals surface area contributed by atoms with Gasteiger partial charge in [0.05, 0.1) is 0 Å². The van der Waals surface area contributed by atoms with Gasteiger partial charge in [-0.2, -0.15) is 10.1 Å².